The second-order valence-electron chi connectivity index (χ2n) is 5.87. The van der Waals surface area contributed by atoms with E-state index in [9.17, 15) is 9.59 Å². The number of amides is 1. The molecule has 1 aliphatic rings. The van der Waals surface area contributed by atoms with Crippen molar-refractivity contribution in [3.05, 3.63) is 10.6 Å². The van der Waals surface area contributed by atoms with E-state index in [0.29, 0.717) is 23.7 Å². The van der Waals surface area contributed by atoms with E-state index in [4.69, 9.17) is 5.11 Å². The number of carboxylic acids is 1. The minimum atomic E-state index is -0.813. The number of hydrogen-bond acceptors (Lipinski definition) is 5. The molecule has 1 aliphatic heterocycles. The molecule has 0 atom stereocenters. The lowest BCUT2D eigenvalue weighted by Gasteiger charge is -2.38. The highest BCUT2D eigenvalue weighted by Crippen LogP contribution is 2.29. The third-order valence-corrected chi connectivity index (χ3v) is 3.81. The van der Waals surface area contributed by atoms with Crippen LogP contribution >= 0.6 is 11.5 Å². The number of carbonyl (C=O) groups excluding carboxylic acids is 1. The van der Waals surface area contributed by atoms with Crippen molar-refractivity contribution in [3.8, 4) is 0 Å². The van der Waals surface area contributed by atoms with Crippen LogP contribution in [0.5, 0.6) is 0 Å². The molecule has 2 rings (SSSR count). The highest BCUT2D eigenvalue weighted by atomic mass is 32.1. The van der Waals surface area contributed by atoms with Crippen LogP contribution < -0.4 is 0 Å². The zero-order valence-corrected chi connectivity index (χ0v) is 12.0. The van der Waals surface area contributed by atoms with E-state index in [1.807, 2.05) is 20.8 Å². The number of nitrogens with zero attached hydrogens (tertiary/aromatic N) is 3. The summed E-state index contributed by atoms with van der Waals surface area (Å²) in [5.74, 6) is -0.825. The minimum Gasteiger partial charge on any atom is -0.481 e. The predicted octanol–water partition coefficient (Wildman–Crippen LogP) is 1.38. The molecular formula is C12H17N3O3S. The SMILES string of the molecule is CC(C)(C)c1nnsc1C(=O)N1CC(CC(=O)O)C1. The molecule has 0 aliphatic carbocycles. The fourth-order valence-electron chi connectivity index (χ4n) is 2.08. The first-order valence-corrected chi connectivity index (χ1v) is 6.90. The number of rotatable bonds is 3. The van der Waals surface area contributed by atoms with E-state index in [0.717, 1.165) is 11.5 Å². The lowest BCUT2D eigenvalue weighted by atomic mass is 9.90. The number of hydrogen-bond donors (Lipinski definition) is 1. The van der Waals surface area contributed by atoms with Gasteiger partial charge in [0.2, 0.25) is 0 Å². The molecule has 104 valence electrons. The number of carboxylic acid groups (broad SMARTS) is 1. The Morgan fingerprint density at radius 3 is 2.58 bits per heavy atom. The van der Waals surface area contributed by atoms with Crippen molar-refractivity contribution in [2.45, 2.75) is 32.6 Å². The molecule has 0 aromatic carbocycles. The van der Waals surface area contributed by atoms with E-state index in [1.54, 1.807) is 4.90 Å². The Bertz CT molecular complexity index is 501. The van der Waals surface area contributed by atoms with Crippen LogP contribution in [0.25, 0.3) is 0 Å². The molecule has 2 heterocycles. The van der Waals surface area contributed by atoms with Crippen molar-refractivity contribution in [3.63, 3.8) is 0 Å². The molecule has 0 radical (unpaired) electrons. The van der Waals surface area contributed by atoms with E-state index in [1.165, 1.54) is 0 Å². The average Bonchev–Trinajstić information content (AvgIpc) is 2.69. The van der Waals surface area contributed by atoms with Crippen LogP contribution in [0.2, 0.25) is 0 Å². The van der Waals surface area contributed by atoms with Gasteiger partial charge in [0.25, 0.3) is 5.91 Å². The maximum atomic E-state index is 12.3. The van der Waals surface area contributed by atoms with Crippen LogP contribution in [0.3, 0.4) is 0 Å². The van der Waals surface area contributed by atoms with E-state index in [2.05, 4.69) is 9.59 Å². The molecule has 0 saturated carbocycles. The molecule has 19 heavy (non-hydrogen) atoms. The number of aromatic nitrogens is 2. The van der Waals surface area contributed by atoms with Gasteiger partial charge in [-0.15, -0.1) is 5.10 Å². The number of carbonyl (C=O) groups is 2. The van der Waals surface area contributed by atoms with Crippen LogP contribution in [-0.2, 0) is 10.2 Å². The first-order valence-electron chi connectivity index (χ1n) is 6.13. The van der Waals surface area contributed by atoms with Crippen LogP contribution in [0.4, 0.5) is 0 Å². The molecule has 7 heteroatoms. The number of aliphatic carboxylic acids is 1. The summed E-state index contributed by atoms with van der Waals surface area (Å²) in [5, 5.41) is 12.7. The van der Waals surface area contributed by atoms with Gasteiger partial charge in [-0.25, -0.2) is 0 Å². The van der Waals surface area contributed by atoms with Crippen molar-refractivity contribution < 1.29 is 14.7 Å². The normalized spacial score (nSPS) is 16.3. The molecule has 1 N–H and O–H groups in total. The largest absolute Gasteiger partial charge is 0.481 e. The Labute approximate surface area is 115 Å². The third-order valence-electron chi connectivity index (χ3n) is 3.10. The van der Waals surface area contributed by atoms with Gasteiger partial charge in [-0.05, 0) is 11.5 Å². The summed E-state index contributed by atoms with van der Waals surface area (Å²) in [4.78, 5) is 25.1. The lowest BCUT2D eigenvalue weighted by molar-refractivity contribution is -0.139. The quantitative estimate of drug-likeness (QED) is 0.906. The maximum Gasteiger partial charge on any atom is 0.303 e. The molecule has 1 fully saturated rings. The Morgan fingerprint density at radius 2 is 2.05 bits per heavy atom. The molecule has 1 saturated heterocycles. The van der Waals surface area contributed by atoms with Crippen molar-refractivity contribution in [1.82, 2.24) is 14.5 Å². The minimum absolute atomic E-state index is 0.0698. The maximum absolute atomic E-state index is 12.3. The summed E-state index contributed by atoms with van der Waals surface area (Å²) in [5.41, 5.74) is 0.493. The average molecular weight is 283 g/mol. The Balaban J connectivity index is 2.03. The first-order chi connectivity index (χ1) is 8.79. The fraction of sp³-hybridized carbons (Fsp3) is 0.667. The summed E-state index contributed by atoms with van der Waals surface area (Å²) in [6.07, 6.45) is 0.122. The second kappa shape index (κ2) is 4.88. The number of likely N-dealkylation sites (tertiary alicyclic amines) is 1. The second-order valence-corrected chi connectivity index (χ2v) is 6.63. The Kier molecular flexibility index (Phi) is 3.58. The van der Waals surface area contributed by atoms with Gasteiger partial charge in [-0.2, -0.15) is 0 Å². The van der Waals surface area contributed by atoms with Gasteiger partial charge in [0.05, 0.1) is 12.1 Å². The van der Waals surface area contributed by atoms with Crippen LogP contribution in [0, 0.1) is 5.92 Å². The summed E-state index contributed by atoms with van der Waals surface area (Å²) in [6.45, 7) is 6.98. The smallest absolute Gasteiger partial charge is 0.303 e. The molecule has 1 aromatic heterocycles. The van der Waals surface area contributed by atoms with Gasteiger partial charge >= 0.3 is 5.97 Å². The molecule has 1 aromatic rings. The molecule has 1 amide bonds. The van der Waals surface area contributed by atoms with Gasteiger partial charge < -0.3 is 10.0 Å². The highest BCUT2D eigenvalue weighted by molar-refractivity contribution is 7.08. The summed E-state index contributed by atoms with van der Waals surface area (Å²) >= 11 is 1.11. The lowest BCUT2D eigenvalue weighted by Crippen LogP contribution is -2.50. The predicted molar refractivity (Wildman–Crippen MR) is 70.3 cm³/mol. The zero-order chi connectivity index (χ0) is 14.2. The van der Waals surface area contributed by atoms with Crippen LogP contribution in [0.15, 0.2) is 0 Å². The van der Waals surface area contributed by atoms with E-state index >= 15 is 0 Å². The van der Waals surface area contributed by atoms with Gasteiger partial charge in [-0.3, -0.25) is 9.59 Å². The summed E-state index contributed by atoms with van der Waals surface area (Å²) in [7, 11) is 0. The Morgan fingerprint density at radius 1 is 1.42 bits per heavy atom. The van der Waals surface area contributed by atoms with Gasteiger partial charge in [0.15, 0.2) is 0 Å². The summed E-state index contributed by atoms with van der Waals surface area (Å²) in [6, 6.07) is 0. The van der Waals surface area contributed by atoms with Crippen molar-refractivity contribution in [2.75, 3.05) is 13.1 Å². The van der Waals surface area contributed by atoms with Crippen molar-refractivity contribution >= 4 is 23.4 Å². The molecule has 6 nitrogen and oxygen atoms in total. The zero-order valence-electron chi connectivity index (χ0n) is 11.2. The van der Waals surface area contributed by atoms with E-state index in [-0.39, 0.29) is 23.7 Å². The first kappa shape index (κ1) is 13.9. The van der Waals surface area contributed by atoms with Gasteiger partial charge in [0.1, 0.15) is 4.88 Å². The van der Waals surface area contributed by atoms with Crippen molar-refractivity contribution in [1.29, 1.82) is 0 Å². The summed E-state index contributed by atoms with van der Waals surface area (Å²) < 4.78 is 3.87. The van der Waals surface area contributed by atoms with Crippen LogP contribution in [0.1, 0.15) is 42.6 Å². The van der Waals surface area contributed by atoms with Crippen LogP contribution in [-0.4, -0.2) is 44.6 Å². The third kappa shape index (κ3) is 2.91. The monoisotopic (exact) mass is 283 g/mol. The molecule has 0 unspecified atom stereocenters. The van der Waals surface area contributed by atoms with Gasteiger partial charge in [-0.1, -0.05) is 25.3 Å². The molecule has 0 spiro atoms. The molecular weight excluding hydrogens is 266 g/mol. The van der Waals surface area contributed by atoms with Crippen molar-refractivity contribution in [2.24, 2.45) is 5.92 Å². The van der Waals surface area contributed by atoms with Gasteiger partial charge in [0, 0.05) is 24.4 Å². The fourth-order valence-corrected chi connectivity index (χ4v) is 2.92. The standard InChI is InChI=1S/C12H17N3O3S/c1-12(2,3)10-9(19-14-13-10)11(18)15-5-7(6-15)4-8(16)17/h7H,4-6H2,1-3H3,(H,16,17). The highest BCUT2D eigenvalue weighted by Gasteiger charge is 2.36. The van der Waals surface area contributed by atoms with E-state index < -0.39 is 5.97 Å². The molecule has 0 bridgehead atoms. The Hall–Kier alpha value is -1.50. The topological polar surface area (TPSA) is 83.4 Å².